The molecular weight excluding hydrogens is 345 g/mol. The average Bonchev–Trinajstić information content (AvgIpc) is 2.67. The first-order valence-electron chi connectivity index (χ1n) is 8.50. The Morgan fingerprint density at radius 1 is 1.11 bits per heavy atom. The van der Waals surface area contributed by atoms with Crippen molar-refractivity contribution in [3.8, 4) is 0 Å². The number of carbonyl (C=O) groups excluding carboxylic acids is 1. The van der Waals surface area contributed by atoms with Crippen LogP contribution in [0.15, 0.2) is 67.1 Å². The number of aromatic nitrogens is 2. The molecule has 0 bridgehead atoms. The van der Waals surface area contributed by atoms with Gasteiger partial charge in [0.05, 0.1) is 17.8 Å². The van der Waals surface area contributed by atoms with Crippen LogP contribution in [0.2, 0.25) is 0 Å². The largest absolute Gasteiger partial charge is 0.384 e. The summed E-state index contributed by atoms with van der Waals surface area (Å²) in [7, 11) is 0. The maximum atomic E-state index is 13.3. The van der Waals surface area contributed by atoms with Crippen LogP contribution in [-0.4, -0.2) is 21.0 Å². The molecule has 1 N–H and O–H groups in total. The maximum absolute atomic E-state index is 13.3. The van der Waals surface area contributed by atoms with Crippen LogP contribution >= 0.6 is 0 Å². The number of amides is 1. The van der Waals surface area contributed by atoms with Crippen molar-refractivity contribution >= 4 is 11.6 Å². The summed E-state index contributed by atoms with van der Waals surface area (Å²) >= 11 is 0. The number of nitrogens with zero attached hydrogens (tertiary/aromatic N) is 3. The molecule has 0 aliphatic rings. The lowest BCUT2D eigenvalue weighted by Crippen LogP contribution is -2.30. The minimum Gasteiger partial charge on any atom is -0.384 e. The van der Waals surface area contributed by atoms with Gasteiger partial charge in [-0.15, -0.1) is 0 Å². The number of aliphatic hydroxyl groups is 1. The van der Waals surface area contributed by atoms with Crippen molar-refractivity contribution in [2.45, 2.75) is 26.0 Å². The van der Waals surface area contributed by atoms with Crippen molar-refractivity contribution in [1.82, 2.24) is 9.97 Å². The highest BCUT2D eigenvalue weighted by atomic mass is 19.1. The molecule has 1 amide bonds. The number of pyridine rings is 2. The molecule has 3 aromatic rings. The number of hydrogen-bond donors (Lipinski definition) is 1. The highest BCUT2D eigenvalue weighted by molar-refractivity contribution is 6.05. The first-order valence-corrected chi connectivity index (χ1v) is 8.50. The Morgan fingerprint density at radius 2 is 1.85 bits per heavy atom. The zero-order valence-electron chi connectivity index (χ0n) is 15.1. The Kier molecular flexibility index (Phi) is 5.28. The lowest BCUT2D eigenvalue weighted by molar-refractivity contribution is 0.0738. The van der Waals surface area contributed by atoms with E-state index in [4.69, 9.17) is 0 Å². The summed E-state index contributed by atoms with van der Waals surface area (Å²) in [6, 6.07) is 12.7. The minimum absolute atomic E-state index is 0.249. The van der Waals surface area contributed by atoms with Crippen molar-refractivity contribution in [2.75, 3.05) is 4.90 Å². The second-order valence-electron chi connectivity index (χ2n) is 6.72. The predicted molar refractivity (Wildman–Crippen MR) is 101 cm³/mol. The molecule has 5 nitrogen and oxygen atoms in total. The second-order valence-corrected chi connectivity index (χ2v) is 6.72. The number of anilines is 1. The molecule has 0 saturated carbocycles. The van der Waals surface area contributed by atoms with E-state index in [0.717, 1.165) is 5.56 Å². The maximum Gasteiger partial charge on any atom is 0.260 e. The molecule has 0 saturated heterocycles. The lowest BCUT2D eigenvalue weighted by Gasteiger charge is -2.23. The van der Waals surface area contributed by atoms with Gasteiger partial charge in [0.25, 0.3) is 5.91 Å². The predicted octanol–water partition coefficient (Wildman–Crippen LogP) is 3.69. The van der Waals surface area contributed by atoms with E-state index in [1.807, 2.05) is 6.07 Å². The van der Waals surface area contributed by atoms with Gasteiger partial charge >= 0.3 is 0 Å². The third-order valence-electron chi connectivity index (χ3n) is 4.08. The van der Waals surface area contributed by atoms with Crippen LogP contribution in [0.4, 0.5) is 10.1 Å². The average molecular weight is 365 g/mol. The van der Waals surface area contributed by atoms with E-state index in [-0.39, 0.29) is 18.3 Å². The van der Waals surface area contributed by atoms with E-state index in [9.17, 15) is 14.3 Å². The standard InChI is InChI=1S/C21H20FN3O2/c1-21(2,27)19-10-5-15(12-24-19)14-25(18-8-6-17(22)7-9-18)20(26)16-4-3-11-23-13-16/h3-13,27H,14H2,1-2H3. The highest BCUT2D eigenvalue weighted by Gasteiger charge is 2.20. The highest BCUT2D eigenvalue weighted by Crippen LogP contribution is 2.22. The lowest BCUT2D eigenvalue weighted by atomic mass is 10.0. The Bertz CT molecular complexity index is 905. The Labute approximate surface area is 157 Å². The molecule has 0 unspecified atom stereocenters. The van der Waals surface area contributed by atoms with Crippen molar-refractivity contribution in [2.24, 2.45) is 0 Å². The topological polar surface area (TPSA) is 66.3 Å². The molecule has 0 aliphatic carbocycles. The van der Waals surface area contributed by atoms with Crippen molar-refractivity contribution in [3.05, 3.63) is 89.8 Å². The van der Waals surface area contributed by atoms with Gasteiger partial charge in [-0.2, -0.15) is 0 Å². The third kappa shape index (κ3) is 4.54. The Hall–Kier alpha value is -3.12. The molecular formula is C21H20FN3O2. The molecule has 6 heteroatoms. The van der Waals surface area contributed by atoms with E-state index >= 15 is 0 Å². The van der Waals surface area contributed by atoms with Crippen LogP contribution in [0.25, 0.3) is 0 Å². The molecule has 2 heterocycles. The Morgan fingerprint density at radius 3 is 2.41 bits per heavy atom. The van der Waals surface area contributed by atoms with Gasteiger partial charge in [-0.1, -0.05) is 6.07 Å². The summed E-state index contributed by atoms with van der Waals surface area (Å²) in [6.45, 7) is 3.57. The van der Waals surface area contributed by atoms with E-state index in [1.54, 1.807) is 56.6 Å². The first kappa shape index (κ1) is 18.7. The van der Waals surface area contributed by atoms with Gasteiger partial charge in [0.15, 0.2) is 0 Å². The fourth-order valence-electron chi connectivity index (χ4n) is 2.61. The number of rotatable bonds is 5. The summed E-state index contributed by atoms with van der Waals surface area (Å²) in [6.07, 6.45) is 4.72. The van der Waals surface area contributed by atoms with Crippen LogP contribution in [-0.2, 0) is 12.1 Å². The van der Waals surface area contributed by atoms with Crippen molar-refractivity contribution in [1.29, 1.82) is 0 Å². The van der Waals surface area contributed by atoms with Crippen LogP contribution in [0.1, 0.15) is 35.5 Å². The fraction of sp³-hybridized carbons (Fsp3) is 0.190. The molecule has 0 fully saturated rings. The van der Waals surface area contributed by atoms with E-state index in [0.29, 0.717) is 16.9 Å². The zero-order valence-corrected chi connectivity index (χ0v) is 15.1. The third-order valence-corrected chi connectivity index (χ3v) is 4.08. The zero-order chi connectivity index (χ0) is 19.4. The van der Waals surface area contributed by atoms with Gasteiger partial charge in [0.1, 0.15) is 11.4 Å². The van der Waals surface area contributed by atoms with Crippen molar-refractivity contribution in [3.63, 3.8) is 0 Å². The molecule has 0 aliphatic heterocycles. The molecule has 1 aromatic carbocycles. The SMILES string of the molecule is CC(C)(O)c1ccc(CN(C(=O)c2cccnc2)c2ccc(F)cc2)cn1. The van der Waals surface area contributed by atoms with Gasteiger partial charge in [0, 0.05) is 24.3 Å². The molecule has 3 rings (SSSR count). The van der Waals surface area contributed by atoms with Gasteiger partial charge in [0.2, 0.25) is 0 Å². The molecule has 27 heavy (non-hydrogen) atoms. The van der Waals surface area contributed by atoms with Gasteiger partial charge in [-0.3, -0.25) is 14.8 Å². The van der Waals surface area contributed by atoms with E-state index in [1.165, 1.54) is 23.2 Å². The molecule has 0 spiro atoms. The number of carbonyl (C=O) groups is 1. The summed E-state index contributed by atoms with van der Waals surface area (Å²) in [5.74, 6) is -0.620. The van der Waals surface area contributed by atoms with E-state index in [2.05, 4.69) is 9.97 Å². The monoisotopic (exact) mass is 365 g/mol. The summed E-state index contributed by atoms with van der Waals surface area (Å²) < 4.78 is 13.3. The normalized spacial score (nSPS) is 11.3. The van der Waals surface area contributed by atoms with Crippen LogP contribution in [0.3, 0.4) is 0 Å². The van der Waals surface area contributed by atoms with Crippen molar-refractivity contribution < 1.29 is 14.3 Å². The van der Waals surface area contributed by atoms with Gasteiger partial charge in [-0.25, -0.2) is 4.39 Å². The fourth-order valence-corrected chi connectivity index (χ4v) is 2.61. The number of benzene rings is 1. The summed E-state index contributed by atoms with van der Waals surface area (Å²) in [4.78, 5) is 22.8. The summed E-state index contributed by atoms with van der Waals surface area (Å²) in [5.41, 5.74) is 1.28. The quantitative estimate of drug-likeness (QED) is 0.749. The first-order chi connectivity index (χ1) is 12.8. The van der Waals surface area contributed by atoms with E-state index < -0.39 is 5.60 Å². The smallest absolute Gasteiger partial charge is 0.260 e. The molecule has 138 valence electrons. The number of halogens is 1. The van der Waals surface area contributed by atoms with Gasteiger partial charge < -0.3 is 10.0 Å². The summed E-state index contributed by atoms with van der Waals surface area (Å²) in [5, 5.41) is 10.0. The molecule has 2 aromatic heterocycles. The van der Waals surface area contributed by atoms with Crippen LogP contribution in [0.5, 0.6) is 0 Å². The second kappa shape index (κ2) is 7.63. The van der Waals surface area contributed by atoms with Gasteiger partial charge in [-0.05, 0) is 61.9 Å². The molecule has 0 atom stereocenters. The minimum atomic E-state index is -1.04. The molecule has 0 radical (unpaired) electrons. The van der Waals surface area contributed by atoms with Crippen LogP contribution < -0.4 is 4.90 Å². The Balaban J connectivity index is 1.92. The van der Waals surface area contributed by atoms with Crippen LogP contribution in [0, 0.1) is 5.82 Å². The number of hydrogen-bond acceptors (Lipinski definition) is 4.